The summed E-state index contributed by atoms with van der Waals surface area (Å²) in [6, 6.07) is 9.74. The van der Waals surface area contributed by atoms with Gasteiger partial charge in [0.15, 0.2) is 0 Å². The number of rotatable bonds is 5. The summed E-state index contributed by atoms with van der Waals surface area (Å²) in [7, 11) is -3.79. The number of pyridine rings is 1. The normalized spacial score (nSPS) is 20.5. The summed E-state index contributed by atoms with van der Waals surface area (Å²) < 4.78 is 27.9. The van der Waals surface area contributed by atoms with E-state index in [1.807, 2.05) is 25.1 Å². The largest absolute Gasteiger partial charge is 0.398 e. The van der Waals surface area contributed by atoms with Gasteiger partial charge in [0.2, 0.25) is 15.9 Å². The van der Waals surface area contributed by atoms with Crippen LogP contribution in [0.25, 0.3) is 17.0 Å². The number of benzene rings is 1. The van der Waals surface area contributed by atoms with Crippen molar-refractivity contribution in [2.24, 2.45) is 0 Å². The molecule has 10 heteroatoms. The van der Waals surface area contributed by atoms with Crippen molar-refractivity contribution in [3.63, 3.8) is 0 Å². The van der Waals surface area contributed by atoms with E-state index in [1.165, 1.54) is 21.7 Å². The van der Waals surface area contributed by atoms with Crippen LogP contribution in [0.1, 0.15) is 24.3 Å². The fraction of sp³-hybridized carbons (Fsp3) is 0.273. The van der Waals surface area contributed by atoms with Crippen molar-refractivity contribution in [1.29, 1.82) is 0 Å². The van der Waals surface area contributed by atoms with Crippen molar-refractivity contribution < 1.29 is 13.2 Å². The van der Waals surface area contributed by atoms with E-state index in [-0.39, 0.29) is 11.9 Å². The number of nitrogens with zero attached hydrogens (tertiary/aromatic N) is 3. The number of amides is 1. The van der Waals surface area contributed by atoms with Gasteiger partial charge in [-0.05, 0) is 49.8 Å². The standard InChI is InChI=1S/C22H23ClN4O3S2/c1-14-12-26(13-16-3-5-18-19(24)7-9-25-20(18)11-16)22(28)15(2)27(14)32(29,30)10-8-17-4-6-21(23)31-17/h3-11,14-15H,12-13H2,1-2H3,(H2,24,25)/t14-,15-/m0/s1. The molecule has 1 aliphatic heterocycles. The molecule has 168 valence electrons. The number of nitrogen functional groups attached to an aromatic ring is 1. The van der Waals surface area contributed by atoms with Gasteiger partial charge in [-0.3, -0.25) is 9.78 Å². The van der Waals surface area contributed by atoms with E-state index in [0.29, 0.717) is 23.1 Å². The highest BCUT2D eigenvalue weighted by molar-refractivity contribution is 7.92. The number of sulfonamides is 1. The van der Waals surface area contributed by atoms with Crippen LogP contribution in [0.15, 0.2) is 48.0 Å². The molecular formula is C22H23ClN4O3S2. The molecular weight excluding hydrogens is 468 g/mol. The number of anilines is 1. The molecule has 0 bridgehead atoms. The summed E-state index contributed by atoms with van der Waals surface area (Å²) in [5.41, 5.74) is 8.31. The molecule has 32 heavy (non-hydrogen) atoms. The van der Waals surface area contributed by atoms with Gasteiger partial charge >= 0.3 is 0 Å². The number of carbonyl (C=O) groups excluding carboxylic acids is 1. The van der Waals surface area contributed by atoms with Crippen LogP contribution >= 0.6 is 22.9 Å². The fourth-order valence-electron chi connectivity index (χ4n) is 4.03. The molecule has 1 aromatic carbocycles. The summed E-state index contributed by atoms with van der Waals surface area (Å²) in [6.07, 6.45) is 3.16. The number of thiophene rings is 1. The van der Waals surface area contributed by atoms with Crippen molar-refractivity contribution in [3.05, 3.63) is 62.8 Å². The van der Waals surface area contributed by atoms with Crippen LogP contribution in [-0.4, -0.2) is 47.1 Å². The SMILES string of the molecule is C[C@H]1CN(Cc2ccc3c(N)ccnc3c2)C(=O)[C@H](C)N1S(=O)(=O)C=Cc1ccc(Cl)s1. The Morgan fingerprint density at radius 2 is 2.03 bits per heavy atom. The second-order valence-corrected chi connectivity index (χ2v) is 11.3. The van der Waals surface area contributed by atoms with Gasteiger partial charge < -0.3 is 10.6 Å². The highest BCUT2D eigenvalue weighted by Crippen LogP contribution is 2.27. The lowest BCUT2D eigenvalue weighted by Gasteiger charge is -2.42. The Morgan fingerprint density at radius 1 is 1.25 bits per heavy atom. The molecule has 7 nitrogen and oxygen atoms in total. The third-order valence-corrected chi connectivity index (χ3v) is 8.42. The topological polar surface area (TPSA) is 96.6 Å². The minimum Gasteiger partial charge on any atom is -0.398 e. The number of hydrogen-bond acceptors (Lipinski definition) is 6. The van der Waals surface area contributed by atoms with E-state index in [4.69, 9.17) is 17.3 Å². The van der Waals surface area contributed by atoms with Gasteiger partial charge in [-0.15, -0.1) is 11.3 Å². The Kier molecular flexibility index (Phi) is 6.26. The van der Waals surface area contributed by atoms with Crippen molar-refractivity contribution in [3.8, 4) is 0 Å². The van der Waals surface area contributed by atoms with Crippen LogP contribution in [0.5, 0.6) is 0 Å². The molecule has 0 unspecified atom stereocenters. The molecule has 2 atom stereocenters. The summed E-state index contributed by atoms with van der Waals surface area (Å²) in [4.78, 5) is 19.8. The van der Waals surface area contributed by atoms with Gasteiger partial charge in [0, 0.05) is 46.7 Å². The number of halogens is 1. The molecule has 3 aromatic rings. The average molecular weight is 491 g/mol. The molecule has 4 rings (SSSR count). The predicted octanol–water partition coefficient (Wildman–Crippen LogP) is 3.95. The molecule has 0 aliphatic carbocycles. The first kappa shape index (κ1) is 22.7. The number of aromatic nitrogens is 1. The predicted molar refractivity (Wildman–Crippen MR) is 130 cm³/mol. The second-order valence-electron chi connectivity index (χ2n) is 7.81. The van der Waals surface area contributed by atoms with Gasteiger partial charge in [-0.1, -0.05) is 23.7 Å². The third-order valence-electron chi connectivity index (χ3n) is 5.48. The number of hydrogen-bond donors (Lipinski definition) is 1. The van der Waals surface area contributed by atoms with Crippen LogP contribution < -0.4 is 5.73 Å². The lowest BCUT2D eigenvalue weighted by Crippen LogP contribution is -2.60. The van der Waals surface area contributed by atoms with E-state index < -0.39 is 16.1 Å². The van der Waals surface area contributed by atoms with Crippen LogP contribution in [0.4, 0.5) is 5.69 Å². The second kappa shape index (κ2) is 8.82. The van der Waals surface area contributed by atoms with E-state index in [2.05, 4.69) is 4.98 Å². The minimum absolute atomic E-state index is 0.236. The molecule has 1 fully saturated rings. The maximum atomic E-state index is 13.1. The summed E-state index contributed by atoms with van der Waals surface area (Å²) in [6.45, 7) is 4.11. The smallest absolute Gasteiger partial charge is 0.241 e. The third kappa shape index (κ3) is 4.52. The quantitative estimate of drug-likeness (QED) is 0.584. The number of carbonyl (C=O) groups is 1. The highest BCUT2D eigenvalue weighted by Gasteiger charge is 2.41. The molecule has 0 spiro atoms. The van der Waals surface area contributed by atoms with E-state index in [1.54, 1.807) is 36.2 Å². The number of nitrogens with two attached hydrogens (primary N) is 1. The zero-order chi connectivity index (χ0) is 23.0. The Hall–Kier alpha value is -2.46. The monoisotopic (exact) mass is 490 g/mol. The van der Waals surface area contributed by atoms with Crippen LogP contribution in [0.2, 0.25) is 4.34 Å². The first-order valence-electron chi connectivity index (χ1n) is 10.0. The number of piperazine rings is 1. The summed E-state index contributed by atoms with van der Waals surface area (Å²) in [5.74, 6) is -0.236. The van der Waals surface area contributed by atoms with Crippen molar-refractivity contribution in [2.45, 2.75) is 32.5 Å². The van der Waals surface area contributed by atoms with Gasteiger partial charge in [-0.25, -0.2) is 8.42 Å². The van der Waals surface area contributed by atoms with E-state index in [9.17, 15) is 13.2 Å². The van der Waals surface area contributed by atoms with E-state index >= 15 is 0 Å². The van der Waals surface area contributed by atoms with Crippen molar-refractivity contribution >= 4 is 61.5 Å². The van der Waals surface area contributed by atoms with Gasteiger partial charge in [0.1, 0.15) is 6.04 Å². The Balaban J connectivity index is 1.52. The fourth-order valence-corrected chi connectivity index (χ4v) is 6.64. The van der Waals surface area contributed by atoms with Gasteiger partial charge in [-0.2, -0.15) is 4.31 Å². The van der Waals surface area contributed by atoms with Gasteiger partial charge in [0.25, 0.3) is 0 Å². The first-order chi connectivity index (χ1) is 15.2. The maximum Gasteiger partial charge on any atom is 0.241 e. The molecule has 0 saturated carbocycles. The Labute approximate surface area is 196 Å². The van der Waals surface area contributed by atoms with Crippen LogP contribution in [-0.2, 0) is 21.4 Å². The highest BCUT2D eigenvalue weighted by atomic mass is 35.5. The van der Waals surface area contributed by atoms with Crippen LogP contribution in [0, 0.1) is 0 Å². The average Bonchev–Trinajstić information content (AvgIpc) is 3.16. The molecule has 1 amide bonds. The molecule has 1 aliphatic rings. The molecule has 2 N–H and O–H groups in total. The summed E-state index contributed by atoms with van der Waals surface area (Å²) >= 11 is 7.20. The zero-order valence-electron chi connectivity index (χ0n) is 17.6. The van der Waals surface area contributed by atoms with Crippen molar-refractivity contribution in [2.75, 3.05) is 12.3 Å². The van der Waals surface area contributed by atoms with E-state index in [0.717, 1.165) is 26.8 Å². The molecule has 1 saturated heterocycles. The zero-order valence-corrected chi connectivity index (χ0v) is 20.0. The van der Waals surface area contributed by atoms with Crippen molar-refractivity contribution in [1.82, 2.24) is 14.2 Å². The molecule has 2 aromatic heterocycles. The lowest BCUT2D eigenvalue weighted by atomic mass is 10.1. The maximum absolute atomic E-state index is 13.1. The Morgan fingerprint density at radius 3 is 2.75 bits per heavy atom. The first-order valence-corrected chi connectivity index (χ1v) is 12.7. The minimum atomic E-state index is -3.79. The summed E-state index contributed by atoms with van der Waals surface area (Å²) in [5, 5.41) is 2.00. The molecule has 0 radical (unpaired) electrons. The molecule has 3 heterocycles. The van der Waals surface area contributed by atoms with Gasteiger partial charge in [0.05, 0.1) is 9.85 Å². The Bertz CT molecular complexity index is 1310. The number of fused-ring (bicyclic) bond motifs is 1. The van der Waals surface area contributed by atoms with Crippen LogP contribution in [0.3, 0.4) is 0 Å². The lowest BCUT2D eigenvalue weighted by molar-refractivity contribution is -0.140.